The Morgan fingerprint density at radius 3 is 2.39 bits per heavy atom. The number of piperidine rings is 1. The summed E-state index contributed by atoms with van der Waals surface area (Å²) in [5.74, 6) is -0.268. The third-order valence-corrected chi connectivity index (χ3v) is 6.74. The fourth-order valence-electron chi connectivity index (χ4n) is 4.77. The second-order valence-corrected chi connectivity index (χ2v) is 8.57. The van der Waals surface area contributed by atoms with Crippen LogP contribution in [-0.2, 0) is 16.9 Å². The number of primary amides is 1. The zero-order chi connectivity index (χ0) is 22.0. The second kappa shape index (κ2) is 8.55. The number of carbonyl (C=O) groups is 2. The van der Waals surface area contributed by atoms with Crippen LogP contribution in [0.5, 0.6) is 0 Å². The Bertz CT molecular complexity index is 1080. The van der Waals surface area contributed by atoms with E-state index < -0.39 is 5.91 Å². The van der Waals surface area contributed by atoms with Crippen molar-refractivity contribution in [2.24, 2.45) is 5.73 Å². The van der Waals surface area contributed by atoms with Gasteiger partial charge in [0.15, 0.2) is 0 Å². The minimum absolute atomic E-state index is 0.0279. The maximum absolute atomic E-state index is 12.9. The summed E-state index contributed by atoms with van der Waals surface area (Å²) in [7, 11) is 4.25. The fourth-order valence-corrected chi connectivity index (χ4v) is 4.77. The van der Waals surface area contributed by atoms with Gasteiger partial charge in [0.2, 0.25) is 11.8 Å². The van der Waals surface area contributed by atoms with Crippen LogP contribution < -0.4 is 5.73 Å². The summed E-state index contributed by atoms with van der Waals surface area (Å²) >= 11 is 0. The van der Waals surface area contributed by atoms with Crippen LogP contribution in [0.4, 0.5) is 0 Å². The number of aryl methyl sites for hydroxylation is 1. The molecule has 0 radical (unpaired) electrons. The van der Waals surface area contributed by atoms with Crippen molar-refractivity contribution in [3.8, 4) is 0 Å². The standard InChI is InChI=1S/C25H30N4O2/c1-27(2)25(21-6-4-3-5-7-21)12-16-29(17-13-25)23(30)11-15-28-14-10-19-8-9-20(24(26)31)18-22(19)28/h3-10,14,18H,11-13,15-17H2,1-2H3,(H2,26,31). The van der Waals surface area contributed by atoms with Gasteiger partial charge in [-0.1, -0.05) is 36.4 Å². The van der Waals surface area contributed by atoms with Crippen molar-refractivity contribution in [1.82, 2.24) is 14.4 Å². The molecule has 162 valence electrons. The molecule has 1 aromatic heterocycles. The highest BCUT2D eigenvalue weighted by Gasteiger charge is 2.39. The Morgan fingerprint density at radius 1 is 1.03 bits per heavy atom. The molecule has 1 saturated heterocycles. The van der Waals surface area contributed by atoms with Crippen molar-refractivity contribution in [2.45, 2.75) is 31.3 Å². The van der Waals surface area contributed by atoms with Gasteiger partial charge in [-0.15, -0.1) is 0 Å². The highest BCUT2D eigenvalue weighted by molar-refractivity contribution is 5.97. The van der Waals surface area contributed by atoms with Gasteiger partial charge in [0.1, 0.15) is 0 Å². The number of hydrogen-bond donors (Lipinski definition) is 1. The lowest BCUT2D eigenvalue weighted by Crippen LogP contribution is -2.51. The van der Waals surface area contributed by atoms with Crippen molar-refractivity contribution in [3.63, 3.8) is 0 Å². The molecule has 31 heavy (non-hydrogen) atoms. The molecule has 1 aliphatic heterocycles. The number of aromatic nitrogens is 1. The van der Waals surface area contributed by atoms with Crippen LogP contribution in [0.25, 0.3) is 10.9 Å². The van der Waals surface area contributed by atoms with Crippen LogP contribution in [0.3, 0.4) is 0 Å². The van der Waals surface area contributed by atoms with E-state index in [0.29, 0.717) is 18.5 Å². The number of carbonyl (C=O) groups excluding carboxylic acids is 2. The van der Waals surface area contributed by atoms with E-state index in [1.54, 1.807) is 12.1 Å². The lowest BCUT2D eigenvalue weighted by atomic mass is 9.79. The smallest absolute Gasteiger partial charge is 0.248 e. The predicted octanol–water partition coefficient (Wildman–Crippen LogP) is 3.21. The summed E-state index contributed by atoms with van der Waals surface area (Å²) < 4.78 is 2.03. The minimum Gasteiger partial charge on any atom is -0.366 e. The lowest BCUT2D eigenvalue weighted by Gasteiger charge is -2.46. The molecular weight excluding hydrogens is 388 g/mol. The van der Waals surface area contributed by atoms with Gasteiger partial charge >= 0.3 is 0 Å². The van der Waals surface area contributed by atoms with Crippen LogP contribution in [0.2, 0.25) is 0 Å². The molecule has 3 aromatic rings. The van der Waals surface area contributed by atoms with Gasteiger partial charge in [0, 0.05) is 48.9 Å². The molecule has 0 unspecified atom stereocenters. The number of rotatable bonds is 6. The number of nitrogens with two attached hydrogens (primary N) is 1. The number of nitrogens with zero attached hydrogens (tertiary/aromatic N) is 3. The first-order valence-electron chi connectivity index (χ1n) is 10.8. The molecule has 0 atom stereocenters. The van der Waals surface area contributed by atoms with E-state index in [4.69, 9.17) is 5.73 Å². The average Bonchev–Trinajstić information content (AvgIpc) is 3.20. The normalized spacial score (nSPS) is 16.0. The zero-order valence-corrected chi connectivity index (χ0v) is 18.3. The SMILES string of the molecule is CN(C)C1(c2ccccc2)CCN(C(=O)CCn2ccc3ccc(C(N)=O)cc32)CC1. The van der Waals surface area contributed by atoms with Crippen LogP contribution >= 0.6 is 0 Å². The first kappa shape index (κ1) is 21.1. The molecule has 2 N–H and O–H groups in total. The monoisotopic (exact) mass is 418 g/mol. The topological polar surface area (TPSA) is 71.6 Å². The van der Waals surface area contributed by atoms with E-state index in [1.807, 2.05) is 33.9 Å². The van der Waals surface area contributed by atoms with Gasteiger partial charge < -0.3 is 15.2 Å². The molecule has 2 amide bonds. The van der Waals surface area contributed by atoms with E-state index in [-0.39, 0.29) is 11.4 Å². The number of amides is 2. The second-order valence-electron chi connectivity index (χ2n) is 8.57. The molecule has 0 saturated carbocycles. The van der Waals surface area contributed by atoms with E-state index >= 15 is 0 Å². The quantitative estimate of drug-likeness (QED) is 0.668. The molecule has 0 bridgehead atoms. The first-order valence-corrected chi connectivity index (χ1v) is 10.8. The molecular formula is C25H30N4O2. The summed E-state index contributed by atoms with van der Waals surface area (Å²) in [5.41, 5.74) is 8.12. The van der Waals surface area contributed by atoms with E-state index in [1.165, 1.54) is 5.56 Å². The Morgan fingerprint density at radius 2 is 1.74 bits per heavy atom. The van der Waals surface area contributed by atoms with Crippen molar-refractivity contribution >= 4 is 22.7 Å². The van der Waals surface area contributed by atoms with Crippen LogP contribution in [0, 0.1) is 0 Å². The number of benzene rings is 2. The average molecular weight is 419 g/mol. The van der Waals surface area contributed by atoms with Crippen molar-refractivity contribution in [3.05, 3.63) is 71.9 Å². The highest BCUT2D eigenvalue weighted by atomic mass is 16.2. The highest BCUT2D eigenvalue weighted by Crippen LogP contribution is 2.37. The Balaban J connectivity index is 1.41. The van der Waals surface area contributed by atoms with Gasteiger partial charge in [0.05, 0.1) is 0 Å². The Kier molecular flexibility index (Phi) is 5.83. The minimum atomic E-state index is -0.443. The molecule has 4 rings (SSSR count). The van der Waals surface area contributed by atoms with Crippen molar-refractivity contribution < 1.29 is 9.59 Å². The number of fused-ring (bicyclic) bond motifs is 1. The molecule has 6 nitrogen and oxygen atoms in total. The zero-order valence-electron chi connectivity index (χ0n) is 18.3. The number of likely N-dealkylation sites (tertiary alicyclic amines) is 1. The molecule has 6 heteroatoms. The fraction of sp³-hybridized carbons (Fsp3) is 0.360. The van der Waals surface area contributed by atoms with Gasteiger partial charge in [-0.2, -0.15) is 0 Å². The maximum Gasteiger partial charge on any atom is 0.248 e. The predicted molar refractivity (Wildman–Crippen MR) is 123 cm³/mol. The van der Waals surface area contributed by atoms with Crippen LogP contribution in [0.15, 0.2) is 60.8 Å². The third-order valence-electron chi connectivity index (χ3n) is 6.74. The summed E-state index contributed by atoms with van der Waals surface area (Å²) in [6.45, 7) is 2.09. The van der Waals surface area contributed by atoms with Crippen LogP contribution in [0.1, 0.15) is 35.2 Å². The largest absolute Gasteiger partial charge is 0.366 e. The molecule has 2 aromatic carbocycles. The number of hydrogen-bond acceptors (Lipinski definition) is 3. The van der Waals surface area contributed by atoms with E-state index in [0.717, 1.165) is 36.8 Å². The van der Waals surface area contributed by atoms with Gasteiger partial charge in [-0.05, 0) is 56.1 Å². The summed E-state index contributed by atoms with van der Waals surface area (Å²) in [6.07, 6.45) is 4.24. The third kappa shape index (κ3) is 4.08. The van der Waals surface area contributed by atoms with Gasteiger partial charge in [-0.3, -0.25) is 14.5 Å². The molecule has 0 spiro atoms. The van der Waals surface area contributed by atoms with Crippen LogP contribution in [-0.4, -0.2) is 53.4 Å². The Hall–Kier alpha value is -3.12. The van der Waals surface area contributed by atoms with Crippen molar-refractivity contribution in [2.75, 3.05) is 27.2 Å². The molecule has 1 aliphatic rings. The van der Waals surface area contributed by atoms with E-state index in [9.17, 15) is 9.59 Å². The maximum atomic E-state index is 12.9. The van der Waals surface area contributed by atoms with E-state index in [2.05, 4.69) is 43.3 Å². The molecule has 2 heterocycles. The first-order chi connectivity index (χ1) is 14.9. The summed E-state index contributed by atoms with van der Waals surface area (Å²) in [5, 5.41) is 1.04. The summed E-state index contributed by atoms with van der Waals surface area (Å²) in [6, 6.07) is 18.0. The molecule has 1 fully saturated rings. The summed E-state index contributed by atoms with van der Waals surface area (Å²) in [4.78, 5) is 28.7. The lowest BCUT2D eigenvalue weighted by molar-refractivity contribution is -0.134. The van der Waals surface area contributed by atoms with Gasteiger partial charge in [0.25, 0.3) is 0 Å². The Labute approximate surface area is 183 Å². The molecule has 0 aliphatic carbocycles. The van der Waals surface area contributed by atoms with Crippen molar-refractivity contribution in [1.29, 1.82) is 0 Å². The van der Waals surface area contributed by atoms with Gasteiger partial charge in [-0.25, -0.2) is 0 Å².